The minimum absolute atomic E-state index is 0.0353. The van der Waals surface area contributed by atoms with Gasteiger partial charge in [0.2, 0.25) is 5.91 Å². The Labute approximate surface area is 164 Å². The minimum atomic E-state index is -0.389. The van der Waals surface area contributed by atoms with Gasteiger partial charge in [-0.3, -0.25) is 19.9 Å². The zero-order valence-electron chi connectivity index (χ0n) is 16.5. The number of nitrogens with zero attached hydrogens (tertiary/aromatic N) is 4. The first kappa shape index (κ1) is 18.6. The average molecular weight is 382 g/mol. The number of pyridine rings is 1. The molecule has 2 aromatic rings. The monoisotopic (exact) mass is 382 g/mol. The molecule has 8 nitrogen and oxygen atoms in total. The molecule has 0 unspecified atom stereocenters. The number of nitrogens with one attached hydrogen (secondary N) is 2. The van der Waals surface area contributed by atoms with Crippen molar-refractivity contribution in [3.8, 4) is 0 Å². The first-order valence-corrected chi connectivity index (χ1v) is 9.64. The van der Waals surface area contributed by atoms with Crippen LogP contribution in [0.5, 0.6) is 0 Å². The number of carbonyl (C=O) groups excluding carboxylic acids is 2. The minimum Gasteiger partial charge on any atom is -0.348 e. The van der Waals surface area contributed by atoms with Crippen LogP contribution in [0.3, 0.4) is 0 Å². The van der Waals surface area contributed by atoms with Crippen LogP contribution in [0.25, 0.3) is 0 Å². The molecular formula is C20H26N6O2. The zero-order chi connectivity index (χ0) is 19.9. The largest absolute Gasteiger partial charge is 0.348 e. The topological polar surface area (TPSA) is 94.2 Å². The van der Waals surface area contributed by atoms with Crippen LogP contribution in [-0.4, -0.2) is 69.8 Å². The first-order valence-electron chi connectivity index (χ1n) is 9.64. The van der Waals surface area contributed by atoms with E-state index in [9.17, 15) is 9.59 Å². The maximum Gasteiger partial charge on any atom is 0.272 e. The van der Waals surface area contributed by atoms with Crippen molar-refractivity contribution in [2.45, 2.75) is 37.8 Å². The fraction of sp³-hybridized carbons (Fsp3) is 0.500. The van der Waals surface area contributed by atoms with E-state index in [0.29, 0.717) is 38.0 Å². The maximum atomic E-state index is 12.9. The normalized spacial score (nSPS) is 20.7. The van der Waals surface area contributed by atoms with Gasteiger partial charge in [0.15, 0.2) is 0 Å². The average Bonchev–Trinajstić information content (AvgIpc) is 3.17. The molecule has 1 saturated heterocycles. The molecule has 2 aliphatic rings. The lowest BCUT2D eigenvalue weighted by molar-refractivity contribution is -0.132. The van der Waals surface area contributed by atoms with E-state index >= 15 is 0 Å². The number of amides is 2. The summed E-state index contributed by atoms with van der Waals surface area (Å²) in [4.78, 5) is 41.0. The Bertz CT molecular complexity index is 898. The Morgan fingerprint density at radius 1 is 1.25 bits per heavy atom. The Kier molecular flexibility index (Phi) is 4.66. The smallest absolute Gasteiger partial charge is 0.272 e. The van der Waals surface area contributed by atoms with Crippen LogP contribution in [0.2, 0.25) is 0 Å². The number of piperidine rings is 1. The predicted molar refractivity (Wildman–Crippen MR) is 104 cm³/mol. The lowest BCUT2D eigenvalue weighted by Gasteiger charge is -2.46. The number of rotatable bonds is 2. The number of likely N-dealkylation sites (tertiary alicyclic amines) is 1. The molecule has 0 aromatic carbocycles. The van der Waals surface area contributed by atoms with E-state index in [1.807, 2.05) is 24.0 Å². The highest BCUT2D eigenvalue weighted by Crippen LogP contribution is 2.38. The third-order valence-electron chi connectivity index (χ3n) is 5.89. The van der Waals surface area contributed by atoms with Crippen LogP contribution < -0.4 is 5.32 Å². The fourth-order valence-electron chi connectivity index (χ4n) is 4.34. The summed E-state index contributed by atoms with van der Waals surface area (Å²) in [6, 6.07) is 3.45. The van der Waals surface area contributed by atoms with Crippen molar-refractivity contribution in [1.29, 1.82) is 0 Å². The lowest BCUT2D eigenvalue weighted by Crippen LogP contribution is -2.61. The van der Waals surface area contributed by atoms with Gasteiger partial charge in [-0.25, -0.2) is 4.98 Å². The van der Waals surface area contributed by atoms with E-state index in [1.165, 1.54) is 0 Å². The van der Waals surface area contributed by atoms with Crippen LogP contribution in [-0.2, 0) is 16.8 Å². The van der Waals surface area contributed by atoms with Crippen LogP contribution in [0.1, 0.15) is 40.3 Å². The van der Waals surface area contributed by atoms with E-state index in [0.717, 1.165) is 17.0 Å². The number of hydrogen-bond donors (Lipinski definition) is 2. The van der Waals surface area contributed by atoms with Crippen molar-refractivity contribution in [2.24, 2.45) is 0 Å². The Morgan fingerprint density at radius 2 is 2.00 bits per heavy atom. The molecule has 0 bridgehead atoms. The van der Waals surface area contributed by atoms with E-state index in [-0.39, 0.29) is 23.4 Å². The molecule has 4 rings (SSSR count). The first-order chi connectivity index (χ1) is 13.4. The summed E-state index contributed by atoms with van der Waals surface area (Å²) in [5.41, 5.74) is 3.00. The zero-order valence-corrected chi connectivity index (χ0v) is 16.5. The van der Waals surface area contributed by atoms with Crippen LogP contribution in [0.4, 0.5) is 0 Å². The predicted octanol–water partition coefficient (Wildman–Crippen LogP) is 0.847. The number of fused-ring (bicyclic) bond motifs is 2. The van der Waals surface area contributed by atoms with Crippen LogP contribution >= 0.6 is 0 Å². The summed E-state index contributed by atoms with van der Waals surface area (Å²) < 4.78 is 0. The molecule has 1 atom stereocenters. The quantitative estimate of drug-likeness (QED) is 0.803. The third kappa shape index (κ3) is 3.07. The fourth-order valence-corrected chi connectivity index (χ4v) is 4.34. The summed E-state index contributed by atoms with van der Waals surface area (Å²) in [5, 5.41) is 3.58. The van der Waals surface area contributed by atoms with Crippen molar-refractivity contribution in [3.05, 3.63) is 47.3 Å². The second-order valence-corrected chi connectivity index (χ2v) is 7.91. The van der Waals surface area contributed by atoms with E-state index in [2.05, 4.69) is 20.3 Å². The van der Waals surface area contributed by atoms with Gasteiger partial charge in [0.1, 0.15) is 5.69 Å². The highest BCUT2D eigenvalue weighted by molar-refractivity contribution is 5.93. The van der Waals surface area contributed by atoms with Crippen LogP contribution in [0, 0.1) is 6.92 Å². The second-order valence-electron chi connectivity index (χ2n) is 7.91. The van der Waals surface area contributed by atoms with Gasteiger partial charge in [-0.2, -0.15) is 0 Å². The Balaban J connectivity index is 1.55. The molecule has 148 valence electrons. The van der Waals surface area contributed by atoms with E-state index in [1.54, 1.807) is 31.5 Å². The molecule has 1 fully saturated rings. The van der Waals surface area contributed by atoms with Gasteiger partial charge < -0.3 is 14.8 Å². The Morgan fingerprint density at radius 3 is 2.68 bits per heavy atom. The van der Waals surface area contributed by atoms with Crippen molar-refractivity contribution in [1.82, 2.24) is 30.1 Å². The molecule has 2 aliphatic heterocycles. The summed E-state index contributed by atoms with van der Waals surface area (Å²) in [6.45, 7) is 3.09. The third-order valence-corrected chi connectivity index (χ3v) is 5.89. The van der Waals surface area contributed by atoms with Gasteiger partial charge in [0, 0.05) is 45.5 Å². The van der Waals surface area contributed by atoms with Gasteiger partial charge in [-0.15, -0.1) is 0 Å². The number of aryl methyl sites for hydroxylation is 1. The number of carbonyl (C=O) groups is 2. The summed E-state index contributed by atoms with van der Waals surface area (Å²) >= 11 is 0. The van der Waals surface area contributed by atoms with Crippen molar-refractivity contribution in [3.63, 3.8) is 0 Å². The van der Waals surface area contributed by atoms with Gasteiger partial charge in [0.05, 0.1) is 23.6 Å². The molecule has 2 N–H and O–H groups in total. The van der Waals surface area contributed by atoms with Gasteiger partial charge in [-0.05, 0) is 31.4 Å². The number of imidazole rings is 1. The van der Waals surface area contributed by atoms with Crippen LogP contribution in [0.15, 0.2) is 24.7 Å². The summed E-state index contributed by atoms with van der Waals surface area (Å²) in [5.74, 6) is 0.0224. The molecule has 0 aliphatic carbocycles. The van der Waals surface area contributed by atoms with Gasteiger partial charge >= 0.3 is 0 Å². The molecule has 8 heteroatoms. The number of aromatic amines is 1. The molecular weight excluding hydrogens is 356 g/mol. The maximum absolute atomic E-state index is 12.9. The van der Waals surface area contributed by atoms with E-state index < -0.39 is 0 Å². The summed E-state index contributed by atoms with van der Waals surface area (Å²) in [6.07, 6.45) is 5.37. The summed E-state index contributed by atoms with van der Waals surface area (Å²) in [7, 11) is 3.55. The molecule has 2 amide bonds. The molecule has 0 saturated carbocycles. The van der Waals surface area contributed by atoms with Crippen molar-refractivity contribution < 1.29 is 9.59 Å². The number of likely N-dealkylation sites (N-methyl/N-ethyl adjacent to an activating group) is 1. The number of H-pyrrole nitrogens is 1. The molecule has 0 radical (unpaired) electrons. The molecule has 28 heavy (non-hydrogen) atoms. The number of aromatic nitrogens is 3. The molecule has 2 aromatic heterocycles. The van der Waals surface area contributed by atoms with Gasteiger partial charge in [-0.1, -0.05) is 6.07 Å². The van der Waals surface area contributed by atoms with Crippen molar-refractivity contribution in [2.75, 3.05) is 27.2 Å². The Hall–Kier alpha value is -2.74. The highest BCUT2D eigenvalue weighted by atomic mass is 16.2. The lowest BCUT2D eigenvalue weighted by atomic mass is 9.78. The highest BCUT2D eigenvalue weighted by Gasteiger charge is 2.46. The van der Waals surface area contributed by atoms with Crippen molar-refractivity contribution >= 4 is 11.8 Å². The second kappa shape index (κ2) is 7.01. The standard InChI is InChI=1S/C20H26N6O2/c1-13-5-4-8-21-16(13)19(28)26-9-6-20(7-10-26)17-14(22-12-23-17)11-15(24-20)18(27)25(2)3/h4-5,8,12,15,24H,6-7,9-11H2,1-3H3,(H,22,23)/t15-/m0/s1. The molecule has 1 spiro atoms. The van der Waals surface area contributed by atoms with E-state index in [4.69, 9.17) is 0 Å². The SMILES string of the molecule is Cc1cccnc1C(=O)N1CCC2(CC1)N[C@H](C(=O)N(C)C)Cc1[nH]cnc12. The molecule has 4 heterocycles. The van der Waals surface area contributed by atoms with Gasteiger partial charge in [0.25, 0.3) is 5.91 Å². The number of hydrogen-bond acceptors (Lipinski definition) is 5.